The molecule has 0 atom stereocenters. The van der Waals surface area contributed by atoms with Gasteiger partial charge in [0, 0.05) is 20.0 Å². The zero-order chi connectivity index (χ0) is 20.9. The minimum atomic E-state index is 0.672. The summed E-state index contributed by atoms with van der Waals surface area (Å²) in [4.78, 5) is 5.14. The van der Waals surface area contributed by atoms with Crippen LogP contribution in [0.2, 0.25) is 0 Å². The number of nitrogens with one attached hydrogen (secondary N) is 1. The summed E-state index contributed by atoms with van der Waals surface area (Å²) in [6, 6.07) is 14.7. The maximum absolute atomic E-state index is 9.04. The van der Waals surface area contributed by atoms with Crippen LogP contribution in [0, 0.1) is 11.3 Å². The van der Waals surface area contributed by atoms with Crippen LogP contribution in [-0.2, 0) is 20.0 Å². The fourth-order valence-corrected chi connectivity index (χ4v) is 4.79. The van der Waals surface area contributed by atoms with Gasteiger partial charge in [0.05, 0.1) is 22.7 Å². The molecule has 1 saturated carbocycles. The van der Waals surface area contributed by atoms with E-state index in [4.69, 9.17) is 10.2 Å². The largest absolute Gasteiger partial charge is 0.331 e. The Morgan fingerprint density at radius 1 is 1.10 bits per heavy atom. The highest BCUT2D eigenvalue weighted by Gasteiger charge is 2.22. The maximum Gasteiger partial charge on any atom is 0.114 e. The van der Waals surface area contributed by atoms with E-state index >= 15 is 0 Å². The normalized spacial score (nSPS) is 14.8. The van der Waals surface area contributed by atoms with Crippen LogP contribution >= 0.6 is 0 Å². The van der Waals surface area contributed by atoms with Gasteiger partial charge in [-0.2, -0.15) is 5.26 Å². The van der Waals surface area contributed by atoms with Crippen molar-refractivity contribution in [1.29, 1.82) is 5.26 Å². The first-order chi connectivity index (χ1) is 14.7. The molecular formula is C26H32N4. The molecule has 2 aromatic carbocycles. The predicted octanol–water partition coefficient (Wildman–Crippen LogP) is 5.58. The Labute approximate surface area is 179 Å². The molecule has 1 aliphatic rings. The monoisotopic (exact) mass is 400 g/mol. The van der Waals surface area contributed by atoms with E-state index in [1.807, 2.05) is 24.3 Å². The van der Waals surface area contributed by atoms with Gasteiger partial charge in [-0.1, -0.05) is 44.4 Å². The maximum atomic E-state index is 9.04. The lowest BCUT2D eigenvalue weighted by Gasteiger charge is -2.25. The number of benzene rings is 2. The SMILES string of the molecule is CCCNCc1c(C2CCCCC2)ccc2c1nc(Cc1ccc(C#N)cc1)n2C. The number of hydrogen-bond acceptors (Lipinski definition) is 3. The molecule has 0 bridgehead atoms. The molecule has 1 N–H and O–H groups in total. The zero-order valence-corrected chi connectivity index (χ0v) is 18.2. The average molecular weight is 401 g/mol. The van der Waals surface area contributed by atoms with Crippen molar-refractivity contribution in [2.45, 2.75) is 64.3 Å². The van der Waals surface area contributed by atoms with Crippen LogP contribution in [-0.4, -0.2) is 16.1 Å². The molecule has 4 nitrogen and oxygen atoms in total. The van der Waals surface area contributed by atoms with Crippen molar-refractivity contribution < 1.29 is 0 Å². The minimum Gasteiger partial charge on any atom is -0.331 e. The summed E-state index contributed by atoms with van der Waals surface area (Å²) in [6.07, 6.45) is 8.58. The molecule has 0 amide bonds. The number of hydrogen-bond donors (Lipinski definition) is 1. The van der Waals surface area contributed by atoms with Crippen LogP contribution < -0.4 is 5.32 Å². The molecule has 30 heavy (non-hydrogen) atoms. The third-order valence-electron chi connectivity index (χ3n) is 6.51. The van der Waals surface area contributed by atoms with E-state index in [-0.39, 0.29) is 0 Å². The Morgan fingerprint density at radius 3 is 2.57 bits per heavy atom. The first-order valence-electron chi connectivity index (χ1n) is 11.4. The Morgan fingerprint density at radius 2 is 1.87 bits per heavy atom. The summed E-state index contributed by atoms with van der Waals surface area (Å²) < 4.78 is 2.24. The molecule has 0 saturated heterocycles. The molecule has 0 aliphatic heterocycles. The molecule has 1 fully saturated rings. The van der Waals surface area contributed by atoms with E-state index in [9.17, 15) is 0 Å². The van der Waals surface area contributed by atoms with Crippen LogP contribution in [0.15, 0.2) is 36.4 Å². The van der Waals surface area contributed by atoms with Crippen molar-refractivity contribution >= 4 is 11.0 Å². The van der Waals surface area contributed by atoms with Crippen LogP contribution in [0.3, 0.4) is 0 Å². The van der Waals surface area contributed by atoms with Gasteiger partial charge in [-0.3, -0.25) is 0 Å². The van der Waals surface area contributed by atoms with Gasteiger partial charge < -0.3 is 9.88 Å². The van der Waals surface area contributed by atoms with E-state index in [1.165, 1.54) is 54.3 Å². The summed E-state index contributed by atoms with van der Waals surface area (Å²) in [6.45, 7) is 4.14. The second-order valence-electron chi connectivity index (χ2n) is 8.59. The van der Waals surface area contributed by atoms with Crippen molar-refractivity contribution in [2.75, 3.05) is 6.54 Å². The van der Waals surface area contributed by atoms with E-state index < -0.39 is 0 Å². The summed E-state index contributed by atoms with van der Waals surface area (Å²) in [5, 5.41) is 12.7. The molecule has 0 spiro atoms. The summed E-state index contributed by atoms with van der Waals surface area (Å²) in [5.74, 6) is 1.75. The number of aryl methyl sites for hydroxylation is 1. The second-order valence-corrected chi connectivity index (χ2v) is 8.59. The van der Waals surface area contributed by atoms with E-state index in [1.54, 1.807) is 0 Å². The number of nitrogens with zero attached hydrogens (tertiary/aromatic N) is 3. The molecule has 156 valence electrons. The lowest BCUT2D eigenvalue weighted by atomic mass is 9.81. The smallest absolute Gasteiger partial charge is 0.114 e. The van der Waals surface area contributed by atoms with Gasteiger partial charge in [-0.25, -0.2) is 4.98 Å². The standard InChI is InChI=1S/C26H32N4/c1-3-15-28-18-23-22(21-7-5-4-6-8-21)13-14-24-26(23)29-25(30(24)2)16-19-9-11-20(17-27)12-10-19/h9-14,21,28H,3-8,15-16,18H2,1-2H3. The number of imidazole rings is 1. The van der Waals surface area contributed by atoms with Crippen molar-refractivity contribution in [3.05, 3.63) is 64.5 Å². The van der Waals surface area contributed by atoms with E-state index in [0.717, 1.165) is 37.3 Å². The third-order valence-corrected chi connectivity index (χ3v) is 6.51. The molecule has 1 heterocycles. The van der Waals surface area contributed by atoms with Gasteiger partial charge in [0.1, 0.15) is 5.82 Å². The highest BCUT2D eigenvalue weighted by atomic mass is 15.1. The van der Waals surface area contributed by atoms with Crippen molar-refractivity contribution in [2.24, 2.45) is 7.05 Å². The summed E-state index contributed by atoms with van der Waals surface area (Å²) in [7, 11) is 2.12. The highest BCUT2D eigenvalue weighted by Crippen LogP contribution is 2.37. The predicted molar refractivity (Wildman–Crippen MR) is 123 cm³/mol. The first-order valence-corrected chi connectivity index (χ1v) is 11.4. The Kier molecular flexibility index (Phi) is 6.50. The summed E-state index contributed by atoms with van der Waals surface area (Å²) in [5.41, 5.74) is 7.17. The topological polar surface area (TPSA) is 53.6 Å². The Bertz CT molecular complexity index is 1030. The van der Waals surface area contributed by atoms with Gasteiger partial charge >= 0.3 is 0 Å². The number of rotatable bonds is 7. The quantitative estimate of drug-likeness (QED) is 0.527. The van der Waals surface area contributed by atoms with E-state index in [0.29, 0.717) is 11.5 Å². The molecule has 1 aliphatic carbocycles. The fourth-order valence-electron chi connectivity index (χ4n) is 4.79. The van der Waals surface area contributed by atoms with Gasteiger partial charge in [-0.15, -0.1) is 0 Å². The fraction of sp³-hybridized carbons (Fsp3) is 0.462. The number of aromatic nitrogens is 2. The zero-order valence-electron chi connectivity index (χ0n) is 18.2. The number of fused-ring (bicyclic) bond motifs is 1. The lowest BCUT2D eigenvalue weighted by molar-refractivity contribution is 0.441. The highest BCUT2D eigenvalue weighted by molar-refractivity contribution is 5.81. The van der Waals surface area contributed by atoms with Crippen LogP contribution in [0.1, 0.15) is 79.4 Å². The van der Waals surface area contributed by atoms with Gasteiger partial charge in [0.25, 0.3) is 0 Å². The third kappa shape index (κ3) is 4.27. The Balaban J connectivity index is 1.71. The molecular weight excluding hydrogens is 368 g/mol. The molecule has 0 unspecified atom stereocenters. The first kappa shape index (κ1) is 20.6. The van der Waals surface area contributed by atoms with Crippen molar-refractivity contribution in [1.82, 2.24) is 14.9 Å². The van der Waals surface area contributed by atoms with Gasteiger partial charge in [0.15, 0.2) is 0 Å². The average Bonchev–Trinajstić information content (AvgIpc) is 3.11. The second kappa shape index (κ2) is 9.45. The van der Waals surface area contributed by atoms with Crippen LogP contribution in [0.4, 0.5) is 0 Å². The molecule has 4 heteroatoms. The lowest BCUT2D eigenvalue weighted by Crippen LogP contribution is -2.17. The van der Waals surface area contributed by atoms with Gasteiger partial charge in [0.2, 0.25) is 0 Å². The minimum absolute atomic E-state index is 0.672. The molecule has 1 aromatic heterocycles. The molecule has 0 radical (unpaired) electrons. The van der Waals surface area contributed by atoms with Crippen LogP contribution in [0.5, 0.6) is 0 Å². The van der Waals surface area contributed by atoms with Crippen LogP contribution in [0.25, 0.3) is 11.0 Å². The summed E-state index contributed by atoms with van der Waals surface area (Å²) >= 11 is 0. The van der Waals surface area contributed by atoms with Crippen molar-refractivity contribution in [3.63, 3.8) is 0 Å². The van der Waals surface area contributed by atoms with Crippen molar-refractivity contribution in [3.8, 4) is 6.07 Å². The Hall–Kier alpha value is -2.64. The molecule has 3 aromatic rings. The van der Waals surface area contributed by atoms with E-state index in [2.05, 4.69) is 42.1 Å². The van der Waals surface area contributed by atoms with Gasteiger partial charge in [-0.05, 0) is 66.6 Å². The number of nitriles is 1. The molecule has 4 rings (SSSR count).